The van der Waals surface area contributed by atoms with Crippen molar-refractivity contribution < 1.29 is 4.79 Å². The summed E-state index contributed by atoms with van der Waals surface area (Å²) in [6.45, 7) is 1.38. The van der Waals surface area contributed by atoms with Crippen LogP contribution in [-0.2, 0) is 11.3 Å². The number of carbonyl (C=O) groups excluding carboxylic acids is 1. The second-order valence-electron chi connectivity index (χ2n) is 4.03. The van der Waals surface area contributed by atoms with Gasteiger partial charge < -0.3 is 11.1 Å². The fourth-order valence-corrected chi connectivity index (χ4v) is 1.88. The van der Waals surface area contributed by atoms with Crippen LogP contribution in [0.3, 0.4) is 0 Å². The summed E-state index contributed by atoms with van der Waals surface area (Å²) < 4.78 is 0. The van der Waals surface area contributed by atoms with Crippen LogP contribution < -0.4 is 11.1 Å². The van der Waals surface area contributed by atoms with Crippen LogP contribution in [-0.4, -0.2) is 12.5 Å². The van der Waals surface area contributed by atoms with Gasteiger partial charge in [0, 0.05) is 19.5 Å². The molecule has 0 saturated heterocycles. The number of hydrogen-bond acceptors (Lipinski definition) is 2. The summed E-state index contributed by atoms with van der Waals surface area (Å²) in [7, 11) is 0. The summed E-state index contributed by atoms with van der Waals surface area (Å²) in [4.78, 5) is 10.6. The van der Waals surface area contributed by atoms with Crippen LogP contribution in [0, 0.1) is 0 Å². The van der Waals surface area contributed by atoms with Crippen molar-refractivity contribution in [1.29, 1.82) is 0 Å². The minimum Gasteiger partial charge on any atom is -0.370 e. The van der Waals surface area contributed by atoms with Crippen molar-refractivity contribution in [2.75, 3.05) is 6.54 Å². The molecule has 0 aromatic heterocycles. The molecular formula is C14H16N2O. The van der Waals surface area contributed by atoms with Crippen LogP contribution in [0.2, 0.25) is 0 Å². The van der Waals surface area contributed by atoms with E-state index in [1.165, 1.54) is 16.3 Å². The Hall–Kier alpha value is -1.87. The highest BCUT2D eigenvalue weighted by Gasteiger charge is 2.00. The van der Waals surface area contributed by atoms with Crippen molar-refractivity contribution in [3.05, 3.63) is 48.0 Å². The average Bonchev–Trinajstić information content (AvgIpc) is 2.34. The zero-order chi connectivity index (χ0) is 12.1. The van der Waals surface area contributed by atoms with E-state index in [-0.39, 0.29) is 5.91 Å². The summed E-state index contributed by atoms with van der Waals surface area (Å²) in [5, 5.41) is 5.71. The lowest BCUT2D eigenvalue weighted by atomic mass is 10.0. The number of hydrogen-bond donors (Lipinski definition) is 2. The number of nitrogens with two attached hydrogens (primary N) is 1. The van der Waals surface area contributed by atoms with Gasteiger partial charge in [-0.3, -0.25) is 4.79 Å². The van der Waals surface area contributed by atoms with Crippen LogP contribution in [0.25, 0.3) is 10.8 Å². The van der Waals surface area contributed by atoms with E-state index in [1.807, 2.05) is 18.2 Å². The predicted octanol–water partition coefficient (Wildman–Crippen LogP) is 1.80. The van der Waals surface area contributed by atoms with Gasteiger partial charge in [0.15, 0.2) is 0 Å². The third-order valence-electron chi connectivity index (χ3n) is 2.74. The third-order valence-corrected chi connectivity index (χ3v) is 2.74. The number of rotatable bonds is 5. The molecule has 3 nitrogen and oxygen atoms in total. The molecule has 0 saturated carbocycles. The molecule has 2 aromatic rings. The average molecular weight is 228 g/mol. The molecule has 3 heteroatoms. The Morgan fingerprint density at radius 3 is 2.71 bits per heavy atom. The first kappa shape index (κ1) is 11.6. The van der Waals surface area contributed by atoms with Crippen molar-refractivity contribution in [3.8, 4) is 0 Å². The quantitative estimate of drug-likeness (QED) is 0.767. The van der Waals surface area contributed by atoms with Crippen molar-refractivity contribution in [2.45, 2.75) is 13.0 Å². The van der Waals surface area contributed by atoms with Crippen LogP contribution in [0.4, 0.5) is 0 Å². The van der Waals surface area contributed by atoms with Gasteiger partial charge in [0.05, 0.1) is 0 Å². The maximum absolute atomic E-state index is 10.6. The largest absolute Gasteiger partial charge is 0.370 e. The topological polar surface area (TPSA) is 55.1 Å². The Kier molecular flexibility index (Phi) is 3.73. The van der Waals surface area contributed by atoms with E-state index in [9.17, 15) is 4.79 Å². The van der Waals surface area contributed by atoms with Crippen LogP contribution in [0.15, 0.2) is 42.5 Å². The highest BCUT2D eigenvalue weighted by atomic mass is 16.1. The molecule has 2 rings (SSSR count). The standard InChI is InChI=1S/C14H16N2O/c15-14(17)8-9-16-10-12-6-3-5-11-4-1-2-7-13(11)12/h1-7,16H,8-10H2,(H2,15,17). The molecule has 0 radical (unpaired) electrons. The summed E-state index contributed by atoms with van der Waals surface area (Å²) in [6, 6.07) is 14.5. The normalized spacial score (nSPS) is 10.6. The van der Waals surface area contributed by atoms with Gasteiger partial charge in [-0.1, -0.05) is 42.5 Å². The Balaban J connectivity index is 2.05. The number of fused-ring (bicyclic) bond motifs is 1. The number of benzene rings is 2. The fourth-order valence-electron chi connectivity index (χ4n) is 1.88. The predicted molar refractivity (Wildman–Crippen MR) is 69.5 cm³/mol. The van der Waals surface area contributed by atoms with Crippen LogP contribution in [0.5, 0.6) is 0 Å². The zero-order valence-corrected chi connectivity index (χ0v) is 9.65. The first-order chi connectivity index (χ1) is 8.27. The van der Waals surface area contributed by atoms with E-state index in [1.54, 1.807) is 0 Å². The highest BCUT2D eigenvalue weighted by Crippen LogP contribution is 2.17. The maximum atomic E-state index is 10.6. The highest BCUT2D eigenvalue weighted by molar-refractivity contribution is 5.85. The zero-order valence-electron chi connectivity index (χ0n) is 9.65. The molecule has 88 valence electrons. The molecule has 0 atom stereocenters. The minimum absolute atomic E-state index is 0.268. The van der Waals surface area contributed by atoms with E-state index in [4.69, 9.17) is 5.73 Å². The van der Waals surface area contributed by atoms with E-state index < -0.39 is 0 Å². The summed E-state index contributed by atoms with van der Waals surface area (Å²) in [5.74, 6) is -0.268. The molecule has 0 bridgehead atoms. The second-order valence-corrected chi connectivity index (χ2v) is 4.03. The first-order valence-corrected chi connectivity index (χ1v) is 5.73. The van der Waals surface area contributed by atoms with Crippen molar-refractivity contribution in [3.63, 3.8) is 0 Å². The monoisotopic (exact) mass is 228 g/mol. The van der Waals surface area contributed by atoms with Crippen LogP contribution >= 0.6 is 0 Å². The maximum Gasteiger partial charge on any atom is 0.218 e. The van der Waals surface area contributed by atoms with Gasteiger partial charge in [-0.2, -0.15) is 0 Å². The SMILES string of the molecule is NC(=O)CCNCc1cccc2ccccc12. The summed E-state index contributed by atoms with van der Waals surface area (Å²) in [6.07, 6.45) is 0.380. The molecule has 0 spiro atoms. The van der Waals surface area contributed by atoms with Crippen molar-refractivity contribution >= 4 is 16.7 Å². The lowest BCUT2D eigenvalue weighted by Gasteiger charge is -2.07. The molecule has 0 fully saturated rings. The van der Waals surface area contributed by atoms with Crippen LogP contribution in [0.1, 0.15) is 12.0 Å². The number of amides is 1. The molecule has 0 heterocycles. The number of nitrogens with one attached hydrogen (secondary N) is 1. The Morgan fingerprint density at radius 2 is 1.88 bits per heavy atom. The lowest BCUT2D eigenvalue weighted by Crippen LogP contribution is -2.21. The summed E-state index contributed by atoms with van der Waals surface area (Å²) in [5.41, 5.74) is 6.33. The molecule has 0 aliphatic carbocycles. The molecule has 0 unspecified atom stereocenters. The summed E-state index contributed by atoms with van der Waals surface area (Å²) >= 11 is 0. The van der Waals surface area contributed by atoms with Gasteiger partial charge in [0.25, 0.3) is 0 Å². The van der Waals surface area contributed by atoms with Gasteiger partial charge >= 0.3 is 0 Å². The van der Waals surface area contributed by atoms with E-state index in [2.05, 4.69) is 29.6 Å². The Morgan fingerprint density at radius 1 is 1.12 bits per heavy atom. The van der Waals surface area contributed by atoms with Crippen molar-refractivity contribution in [1.82, 2.24) is 5.32 Å². The molecule has 0 aliphatic rings. The van der Waals surface area contributed by atoms with Gasteiger partial charge in [-0.15, -0.1) is 0 Å². The lowest BCUT2D eigenvalue weighted by molar-refractivity contribution is -0.117. The number of primary amides is 1. The van der Waals surface area contributed by atoms with Gasteiger partial charge in [0.1, 0.15) is 0 Å². The third kappa shape index (κ3) is 3.04. The molecule has 3 N–H and O–H groups in total. The van der Waals surface area contributed by atoms with E-state index in [0.29, 0.717) is 13.0 Å². The van der Waals surface area contributed by atoms with E-state index >= 15 is 0 Å². The van der Waals surface area contributed by atoms with E-state index in [0.717, 1.165) is 6.54 Å². The first-order valence-electron chi connectivity index (χ1n) is 5.73. The number of carbonyl (C=O) groups is 1. The second kappa shape index (κ2) is 5.46. The minimum atomic E-state index is -0.268. The fraction of sp³-hybridized carbons (Fsp3) is 0.214. The molecule has 17 heavy (non-hydrogen) atoms. The molecule has 0 aliphatic heterocycles. The van der Waals surface area contributed by atoms with Gasteiger partial charge in [-0.25, -0.2) is 0 Å². The molecular weight excluding hydrogens is 212 g/mol. The Bertz CT molecular complexity index is 517. The molecule has 1 amide bonds. The smallest absolute Gasteiger partial charge is 0.218 e. The van der Waals surface area contributed by atoms with Gasteiger partial charge in [-0.05, 0) is 16.3 Å². The van der Waals surface area contributed by atoms with Gasteiger partial charge in [0.2, 0.25) is 5.91 Å². The molecule has 2 aromatic carbocycles. The Labute approximate surface area is 101 Å². The van der Waals surface area contributed by atoms with Crippen molar-refractivity contribution in [2.24, 2.45) is 5.73 Å².